The molecule has 0 bridgehead atoms. The third-order valence-electron chi connectivity index (χ3n) is 5.92. The molecule has 0 amide bonds. The quantitative estimate of drug-likeness (QED) is 0.336. The van der Waals surface area contributed by atoms with Crippen LogP contribution in [0.4, 0.5) is 0 Å². The number of benzene rings is 2. The molecular weight excluding hydrogens is 482 g/mol. The van der Waals surface area contributed by atoms with Crippen molar-refractivity contribution in [3.05, 3.63) is 60.2 Å². The van der Waals surface area contributed by atoms with Crippen LogP contribution in [0.5, 0.6) is 5.75 Å². The molecule has 1 aliphatic rings. The van der Waals surface area contributed by atoms with Gasteiger partial charge in [0.1, 0.15) is 18.4 Å². The summed E-state index contributed by atoms with van der Waals surface area (Å²) in [5, 5.41) is 0. The first-order chi connectivity index (χ1) is 16.6. The smallest absolute Gasteiger partial charge is 0.324 e. The van der Waals surface area contributed by atoms with Gasteiger partial charge < -0.3 is 13.9 Å². The second-order valence-corrected chi connectivity index (χ2v) is 16.0. The van der Waals surface area contributed by atoms with Gasteiger partial charge in [-0.3, -0.25) is 4.79 Å². The molecule has 1 N–H and O–H groups in total. The first-order valence-corrected chi connectivity index (χ1v) is 17.1. The first kappa shape index (κ1) is 27.4. The van der Waals surface area contributed by atoms with E-state index < -0.39 is 30.4 Å². The Balaban J connectivity index is 1.74. The van der Waals surface area contributed by atoms with Crippen molar-refractivity contribution in [3.8, 4) is 5.75 Å². The number of ether oxygens (including phenoxy) is 2. The monoisotopic (exact) mass is 519 g/mol. The minimum Gasteiger partial charge on any atom is -0.494 e. The van der Waals surface area contributed by atoms with E-state index in [4.69, 9.17) is 13.9 Å². The van der Waals surface area contributed by atoms with Crippen LogP contribution in [0, 0.1) is 5.92 Å². The maximum absolute atomic E-state index is 13.2. The molecule has 192 valence electrons. The molecule has 1 saturated carbocycles. The largest absolute Gasteiger partial charge is 0.494 e. The second-order valence-electron chi connectivity index (χ2n) is 9.86. The van der Waals surface area contributed by atoms with Crippen molar-refractivity contribution < 1.29 is 27.1 Å². The van der Waals surface area contributed by atoms with E-state index in [0.717, 1.165) is 18.4 Å². The highest BCUT2D eigenvalue weighted by Gasteiger charge is 2.37. The van der Waals surface area contributed by atoms with Gasteiger partial charge in [0.05, 0.1) is 11.5 Å². The Morgan fingerprint density at radius 3 is 2.20 bits per heavy atom. The number of rotatable bonds is 11. The maximum Gasteiger partial charge on any atom is 0.324 e. The summed E-state index contributed by atoms with van der Waals surface area (Å²) in [5.41, 5.74) is 0.848. The molecular formula is C26H37NO6SSi. The minimum absolute atomic E-state index is 0.0811. The molecule has 0 saturated heterocycles. The lowest BCUT2D eigenvalue weighted by Crippen LogP contribution is -2.48. The van der Waals surface area contributed by atoms with E-state index >= 15 is 0 Å². The Bertz CT molecular complexity index is 1050. The van der Waals surface area contributed by atoms with Gasteiger partial charge in [-0.15, -0.1) is 0 Å². The van der Waals surface area contributed by atoms with Gasteiger partial charge in [0.15, 0.2) is 8.32 Å². The van der Waals surface area contributed by atoms with Crippen molar-refractivity contribution in [1.29, 1.82) is 0 Å². The molecule has 1 fully saturated rings. The zero-order valence-corrected chi connectivity index (χ0v) is 22.8. The lowest BCUT2D eigenvalue weighted by molar-refractivity contribution is -0.149. The zero-order valence-electron chi connectivity index (χ0n) is 21.0. The SMILES string of the molecule is CCOc1ccc(S(=O)(=O)N[C@@H](C(=O)OCc2ccccc2)C2CCC(O[Si](C)(C)C)CC2)cc1. The summed E-state index contributed by atoms with van der Waals surface area (Å²) in [6.45, 7) is 8.93. The summed E-state index contributed by atoms with van der Waals surface area (Å²) in [4.78, 5) is 13.3. The predicted octanol–water partition coefficient (Wildman–Crippen LogP) is 4.89. The Hall–Kier alpha value is -2.20. The number of esters is 1. The van der Waals surface area contributed by atoms with E-state index in [2.05, 4.69) is 24.4 Å². The molecule has 9 heteroatoms. The van der Waals surface area contributed by atoms with E-state index in [1.807, 2.05) is 37.3 Å². The molecule has 3 rings (SSSR count). The number of sulfonamides is 1. The fourth-order valence-corrected chi connectivity index (χ4v) is 6.80. The van der Waals surface area contributed by atoms with Crippen LogP contribution >= 0.6 is 0 Å². The molecule has 2 aromatic carbocycles. The molecule has 0 radical (unpaired) electrons. The number of hydrogen-bond acceptors (Lipinski definition) is 6. The van der Waals surface area contributed by atoms with Crippen molar-refractivity contribution in [1.82, 2.24) is 4.72 Å². The van der Waals surface area contributed by atoms with Gasteiger partial charge >= 0.3 is 5.97 Å². The third kappa shape index (κ3) is 8.45. The Morgan fingerprint density at radius 1 is 1.00 bits per heavy atom. The molecule has 0 spiro atoms. The minimum atomic E-state index is -3.94. The maximum atomic E-state index is 13.2. The molecule has 2 aromatic rings. The van der Waals surface area contributed by atoms with Crippen molar-refractivity contribution in [2.24, 2.45) is 5.92 Å². The van der Waals surface area contributed by atoms with Crippen LogP contribution in [0.3, 0.4) is 0 Å². The van der Waals surface area contributed by atoms with Crippen LogP contribution < -0.4 is 9.46 Å². The van der Waals surface area contributed by atoms with Crippen molar-refractivity contribution in [2.45, 2.75) is 75.9 Å². The van der Waals surface area contributed by atoms with Crippen LogP contribution in [0.2, 0.25) is 19.6 Å². The van der Waals surface area contributed by atoms with Gasteiger partial charge in [-0.05, 0) is 88.0 Å². The standard InChI is InChI=1S/C26H37NO6SSi/c1-5-31-22-15-17-24(18-16-22)34(29,30)27-25(26(28)32-19-20-9-7-6-8-10-20)21-11-13-23(14-12-21)33-35(2,3)4/h6-10,15-18,21,23,25,27H,5,11-14,19H2,1-4H3/t21?,23?,25-/m1/s1. The lowest BCUT2D eigenvalue weighted by atomic mass is 9.83. The van der Waals surface area contributed by atoms with Crippen molar-refractivity contribution in [2.75, 3.05) is 6.61 Å². The molecule has 0 unspecified atom stereocenters. The third-order valence-corrected chi connectivity index (χ3v) is 8.41. The Labute approximate surface area is 210 Å². The van der Waals surface area contributed by atoms with Gasteiger partial charge in [0.25, 0.3) is 0 Å². The van der Waals surface area contributed by atoms with E-state index in [9.17, 15) is 13.2 Å². The van der Waals surface area contributed by atoms with E-state index in [-0.39, 0.29) is 23.5 Å². The first-order valence-electron chi connectivity index (χ1n) is 12.2. The highest BCUT2D eigenvalue weighted by molar-refractivity contribution is 7.89. The number of hydrogen-bond donors (Lipinski definition) is 1. The molecule has 0 heterocycles. The van der Waals surface area contributed by atoms with Gasteiger partial charge in [0, 0.05) is 6.10 Å². The topological polar surface area (TPSA) is 90.9 Å². The summed E-state index contributed by atoms with van der Waals surface area (Å²) in [6.07, 6.45) is 3.12. The average Bonchev–Trinajstić information content (AvgIpc) is 2.82. The fourth-order valence-electron chi connectivity index (χ4n) is 4.31. The second kappa shape index (κ2) is 12.2. The number of nitrogens with one attached hydrogen (secondary N) is 1. The highest BCUT2D eigenvalue weighted by Crippen LogP contribution is 2.31. The van der Waals surface area contributed by atoms with Gasteiger partial charge in [0.2, 0.25) is 10.0 Å². The Morgan fingerprint density at radius 2 is 1.63 bits per heavy atom. The van der Waals surface area contributed by atoms with E-state index in [1.54, 1.807) is 12.1 Å². The number of carbonyl (C=O) groups excluding carboxylic acids is 1. The van der Waals surface area contributed by atoms with E-state index in [1.165, 1.54) is 12.1 Å². The fraction of sp³-hybridized carbons (Fsp3) is 0.500. The summed E-state index contributed by atoms with van der Waals surface area (Å²) in [6, 6.07) is 14.6. The number of carbonyl (C=O) groups is 1. The molecule has 1 aliphatic carbocycles. The lowest BCUT2D eigenvalue weighted by Gasteiger charge is -2.35. The molecule has 0 aromatic heterocycles. The highest BCUT2D eigenvalue weighted by atomic mass is 32.2. The van der Waals surface area contributed by atoms with Crippen LogP contribution in [-0.2, 0) is 30.6 Å². The molecule has 35 heavy (non-hydrogen) atoms. The average molecular weight is 520 g/mol. The van der Waals surface area contributed by atoms with Crippen LogP contribution in [0.15, 0.2) is 59.5 Å². The van der Waals surface area contributed by atoms with E-state index in [0.29, 0.717) is 25.2 Å². The Kier molecular flexibility index (Phi) is 9.52. The van der Waals surface area contributed by atoms with Crippen LogP contribution in [0.1, 0.15) is 38.2 Å². The zero-order chi connectivity index (χ0) is 25.5. The van der Waals surface area contributed by atoms with Gasteiger partial charge in [-0.1, -0.05) is 30.3 Å². The van der Waals surface area contributed by atoms with Gasteiger partial charge in [-0.2, -0.15) is 4.72 Å². The summed E-state index contributed by atoms with van der Waals surface area (Å²) in [7, 11) is -5.61. The van der Waals surface area contributed by atoms with Crippen LogP contribution in [0.25, 0.3) is 0 Å². The summed E-state index contributed by atoms with van der Waals surface area (Å²) < 4.78 is 46.3. The van der Waals surface area contributed by atoms with Crippen LogP contribution in [-0.4, -0.2) is 41.5 Å². The van der Waals surface area contributed by atoms with Gasteiger partial charge in [-0.25, -0.2) is 8.42 Å². The van der Waals surface area contributed by atoms with Crippen molar-refractivity contribution >= 4 is 24.3 Å². The predicted molar refractivity (Wildman–Crippen MR) is 138 cm³/mol. The molecule has 1 atom stereocenters. The summed E-state index contributed by atoms with van der Waals surface area (Å²) in [5.74, 6) is -0.138. The molecule has 7 nitrogen and oxygen atoms in total. The molecule has 0 aliphatic heterocycles. The normalized spacial score (nSPS) is 19.7. The summed E-state index contributed by atoms with van der Waals surface area (Å²) >= 11 is 0. The van der Waals surface area contributed by atoms with Crippen molar-refractivity contribution in [3.63, 3.8) is 0 Å².